The Morgan fingerprint density at radius 3 is 1.97 bits per heavy atom. The Bertz CT molecular complexity index is 1120. The van der Waals surface area contributed by atoms with Gasteiger partial charge in [0.25, 0.3) is 0 Å². The van der Waals surface area contributed by atoms with Crippen LogP contribution in [0.4, 0.5) is 0 Å². The summed E-state index contributed by atoms with van der Waals surface area (Å²) in [5.41, 5.74) is 3.23. The van der Waals surface area contributed by atoms with Gasteiger partial charge in [-0.1, -0.05) is 66.7 Å². The van der Waals surface area contributed by atoms with Crippen LogP contribution < -0.4 is 5.69 Å². The largest absolute Gasteiger partial charge is 0.351 e. The number of pyridine rings is 1. The van der Waals surface area contributed by atoms with Gasteiger partial charge in [0, 0.05) is 32.4 Å². The molecule has 0 spiro atoms. The van der Waals surface area contributed by atoms with Gasteiger partial charge >= 0.3 is 5.69 Å². The summed E-state index contributed by atoms with van der Waals surface area (Å²) in [6, 6.07) is 27.3. The molecule has 0 bridgehead atoms. The van der Waals surface area contributed by atoms with Crippen molar-refractivity contribution in [2.45, 2.75) is 12.7 Å². The van der Waals surface area contributed by atoms with Gasteiger partial charge in [0.05, 0.1) is 12.7 Å². The summed E-state index contributed by atoms with van der Waals surface area (Å²) < 4.78 is 3.16. The minimum atomic E-state index is -0.0838. The fourth-order valence-corrected chi connectivity index (χ4v) is 4.30. The maximum Gasteiger partial charge on any atom is 0.351 e. The maximum atomic E-state index is 12.6. The number of hydrogen-bond donors (Lipinski definition) is 0. The van der Waals surface area contributed by atoms with Gasteiger partial charge in [0.15, 0.2) is 5.65 Å². The van der Waals surface area contributed by atoms with Gasteiger partial charge in [-0.2, -0.15) is 4.68 Å². The Morgan fingerprint density at radius 2 is 1.37 bits per heavy atom. The molecule has 2 aromatic heterocycles. The lowest BCUT2D eigenvalue weighted by atomic mass is 9.96. The predicted octanol–water partition coefficient (Wildman–Crippen LogP) is 2.86. The molecule has 0 unspecified atom stereocenters. The summed E-state index contributed by atoms with van der Waals surface area (Å²) in [6.07, 6.45) is 1.77. The lowest BCUT2D eigenvalue weighted by molar-refractivity contribution is 0.0839. The van der Waals surface area contributed by atoms with Gasteiger partial charge in [0.1, 0.15) is 0 Å². The van der Waals surface area contributed by atoms with Crippen LogP contribution in [0.3, 0.4) is 0 Å². The van der Waals surface area contributed by atoms with Gasteiger partial charge in [-0.15, -0.1) is 5.10 Å². The number of aromatic nitrogens is 3. The van der Waals surface area contributed by atoms with E-state index in [0.29, 0.717) is 12.3 Å². The third kappa shape index (κ3) is 3.67. The van der Waals surface area contributed by atoms with Crippen molar-refractivity contribution in [1.82, 2.24) is 24.0 Å². The Labute approximate surface area is 175 Å². The van der Waals surface area contributed by atoms with Crippen LogP contribution in [0, 0.1) is 0 Å². The van der Waals surface area contributed by atoms with Crippen molar-refractivity contribution < 1.29 is 0 Å². The molecule has 6 heteroatoms. The number of fused-ring (bicyclic) bond motifs is 1. The average molecular weight is 399 g/mol. The van der Waals surface area contributed by atoms with E-state index in [0.717, 1.165) is 26.2 Å². The summed E-state index contributed by atoms with van der Waals surface area (Å²) in [5.74, 6) is 0. The van der Waals surface area contributed by atoms with E-state index in [2.05, 4.69) is 75.6 Å². The van der Waals surface area contributed by atoms with E-state index in [1.54, 1.807) is 15.3 Å². The summed E-state index contributed by atoms with van der Waals surface area (Å²) in [7, 11) is 0. The fourth-order valence-electron chi connectivity index (χ4n) is 4.30. The second-order valence-corrected chi connectivity index (χ2v) is 7.73. The first kappa shape index (κ1) is 18.8. The number of nitrogens with zero attached hydrogens (tertiary/aromatic N) is 5. The third-order valence-corrected chi connectivity index (χ3v) is 5.83. The van der Waals surface area contributed by atoms with Crippen LogP contribution in [0.25, 0.3) is 5.65 Å². The highest BCUT2D eigenvalue weighted by atomic mass is 16.2. The van der Waals surface area contributed by atoms with E-state index in [9.17, 15) is 4.79 Å². The molecule has 3 heterocycles. The average Bonchev–Trinajstić information content (AvgIpc) is 3.12. The minimum Gasteiger partial charge on any atom is -0.290 e. The topological polar surface area (TPSA) is 45.8 Å². The van der Waals surface area contributed by atoms with Crippen molar-refractivity contribution in [2.75, 3.05) is 26.2 Å². The molecule has 30 heavy (non-hydrogen) atoms. The van der Waals surface area contributed by atoms with E-state index in [-0.39, 0.29) is 11.7 Å². The first-order valence-electron chi connectivity index (χ1n) is 10.4. The minimum absolute atomic E-state index is 0.0838. The maximum absolute atomic E-state index is 12.6. The molecule has 0 atom stereocenters. The third-order valence-electron chi connectivity index (χ3n) is 5.83. The van der Waals surface area contributed by atoms with E-state index in [1.807, 2.05) is 18.2 Å². The van der Waals surface area contributed by atoms with Crippen molar-refractivity contribution >= 4 is 5.65 Å². The monoisotopic (exact) mass is 399 g/mol. The molecule has 1 saturated heterocycles. The van der Waals surface area contributed by atoms with E-state index in [1.165, 1.54) is 11.1 Å². The van der Waals surface area contributed by atoms with Crippen LogP contribution in [0.2, 0.25) is 0 Å². The first-order valence-corrected chi connectivity index (χ1v) is 10.4. The fraction of sp³-hybridized carbons (Fsp3) is 0.250. The Morgan fingerprint density at radius 1 is 0.767 bits per heavy atom. The summed E-state index contributed by atoms with van der Waals surface area (Å²) in [5, 5.41) is 4.47. The molecular formula is C24H25N5O. The molecule has 6 nitrogen and oxygen atoms in total. The second kappa shape index (κ2) is 8.26. The molecular weight excluding hydrogens is 374 g/mol. The van der Waals surface area contributed by atoms with Crippen molar-refractivity contribution in [3.05, 3.63) is 107 Å². The van der Waals surface area contributed by atoms with Crippen molar-refractivity contribution in [3.63, 3.8) is 0 Å². The smallest absolute Gasteiger partial charge is 0.290 e. The normalized spacial score (nSPS) is 15.8. The highest BCUT2D eigenvalue weighted by molar-refractivity contribution is 5.35. The van der Waals surface area contributed by atoms with E-state index >= 15 is 0 Å². The molecule has 0 aliphatic carbocycles. The first-order chi connectivity index (χ1) is 14.8. The standard InChI is InChI=1S/C24H25N5O/c30-24-28-14-8-7-13-22(28)25-29(24)19-26-15-17-27(18-16-26)23(20-9-3-1-4-10-20)21-11-5-2-6-12-21/h1-14,23H,15-19H2. The van der Waals surface area contributed by atoms with Gasteiger partial charge in [-0.25, -0.2) is 4.79 Å². The highest BCUT2D eigenvalue weighted by Gasteiger charge is 2.26. The Kier molecular flexibility index (Phi) is 5.17. The summed E-state index contributed by atoms with van der Waals surface area (Å²) in [6.45, 7) is 4.20. The van der Waals surface area contributed by atoms with Crippen molar-refractivity contribution in [2.24, 2.45) is 0 Å². The molecule has 0 saturated carbocycles. The second-order valence-electron chi connectivity index (χ2n) is 7.73. The van der Waals surface area contributed by atoms with Gasteiger partial charge < -0.3 is 0 Å². The molecule has 2 aromatic carbocycles. The van der Waals surface area contributed by atoms with Crippen LogP contribution in [-0.2, 0) is 6.67 Å². The van der Waals surface area contributed by atoms with Crippen LogP contribution >= 0.6 is 0 Å². The van der Waals surface area contributed by atoms with Crippen molar-refractivity contribution in [1.29, 1.82) is 0 Å². The lowest BCUT2D eigenvalue weighted by Crippen LogP contribution is -2.49. The molecule has 5 rings (SSSR count). The summed E-state index contributed by atoms with van der Waals surface area (Å²) >= 11 is 0. The van der Waals surface area contributed by atoms with E-state index in [4.69, 9.17) is 0 Å². The Balaban J connectivity index is 1.32. The highest BCUT2D eigenvalue weighted by Crippen LogP contribution is 2.29. The molecule has 0 radical (unpaired) electrons. The number of benzene rings is 2. The number of piperazine rings is 1. The molecule has 152 valence electrons. The van der Waals surface area contributed by atoms with Crippen LogP contribution in [0.15, 0.2) is 89.9 Å². The zero-order valence-corrected chi connectivity index (χ0v) is 16.8. The van der Waals surface area contributed by atoms with Crippen LogP contribution in [0.5, 0.6) is 0 Å². The van der Waals surface area contributed by atoms with Gasteiger partial charge in [-0.3, -0.25) is 14.2 Å². The summed E-state index contributed by atoms with van der Waals surface area (Å²) in [4.78, 5) is 17.4. The number of rotatable bonds is 5. The Hall–Kier alpha value is -3.22. The van der Waals surface area contributed by atoms with Gasteiger partial charge in [-0.05, 0) is 23.3 Å². The van der Waals surface area contributed by atoms with Gasteiger partial charge in [0.2, 0.25) is 0 Å². The van der Waals surface area contributed by atoms with Crippen LogP contribution in [0.1, 0.15) is 17.2 Å². The molecule has 0 N–H and O–H groups in total. The number of hydrogen-bond acceptors (Lipinski definition) is 4. The van der Waals surface area contributed by atoms with Crippen molar-refractivity contribution in [3.8, 4) is 0 Å². The SMILES string of the molecule is O=c1n(CN2CCN(C(c3ccccc3)c3ccccc3)CC2)nc2ccccn12. The zero-order valence-electron chi connectivity index (χ0n) is 16.8. The van der Waals surface area contributed by atoms with E-state index < -0.39 is 0 Å². The predicted molar refractivity (Wildman–Crippen MR) is 117 cm³/mol. The molecule has 1 fully saturated rings. The molecule has 1 aliphatic rings. The zero-order chi connectivity index (χ0) is 20.3. The lowest BCUT2D eigenvalue weighted by Gasteiger charge is -2.39. The molecule has 0 amide bonds. The van der Waals surface area contributed by atoms with Crippen LogP contribution in [-0.4, -0.2) is 50.2 Å². The quantitative estimate of drug-likeness (QED) is 0.518. The molecule has 1 aliphatic heterocycles. The molecule has 4 aromatic rings.